The van der Waals surface area contributed by atoms with E-state index in [2.05, 4.69) is 56.6 Å². The van der Waals surface area contributed by atoms with Gasteiger partial charge in [0.2, 0.25) is 0 Å². The molecular formula is C40H53ClN2O6S2. The molecule has 0 amide bonds. The Bertz CT molecular complexity index is 2050. The van der Waals surface area contributed by atoms with Gasteiger partial charge >= 0.3 is 0 Å². The molecule has 4 aliphatic rings. The highest BCUT2D eigenvalue weighted by atomic mass is 35.5. The maximum atomic E-state index is 11.9. The van der Waals surface area contributed by atoms with Crippen LogP contribution in [0, 0.1) is 5.41 Å². The standard InChI is InChI=1S/C35H39ClN2O6S2.C3H8.C2H6/c1-21-7-8-22(9-15-30-33(2,3)26-19-23(45(39,40)41)10-13-28(26)37-30)32(36)25(21)12-16-31-34(4,5)35(17-6-18-35)27-20-24(46(42,43)44)11-14-29(27)38-31;1-3-2;1-2/h7,9-16,19-20,31,37-38H,6,8,17-18H2,1-5H3,(H,39,40,41)(H,42,43,44);3H2,1-2H3;1-2H3/b16-12+,22-9+,30-15+;;. The maximum absolute atomic E-state index is 11.9. The van der Waals surface area contributed by atoms with Gasteiger partial charge in [-0.1, -0.05) is 104 Å². The molecule has 2 aliphatic carbocycles. The summed E-state index contributed by atoms with van der Waals surface area (Å²) in [7, 11) is -8.63. The predicted octanol–water partition coefficient (Wildman–Crippen LogP) is 10.5. The Balaban J connectivity index is 0.00000111. The summed E-state index contributed by atoms with van der Waals surface area (Å²) in [5.74, 6) is 0. The first kappa shape index (κ1) is 40.6. The summed E-state index contributed by atoms with van der Waals surface area (Å²) in [6, 6.07) is 9.32. The fourth-order valence-corrected chi connectivity index (χ4v) is 8.83. The number of hydrogen-bond donors (Lipinski definition) is 4. The molecule has 1 spiro atoms. The Labute approximate surface area is 310 Å². The fourth-order valence-electron chi connectivity index (χ4n) is 7.47. The molecular weight excluding hydrogens is 704 g/mol. The van der Waals surface area contributed by atoms with E-state index in [0.29, 0.717) is 11.5 Å². The van der Waals surface area contributed by atoms with Gasteiger partial charge in [0.25, 0.3) is 20.2 Å². The molecule has 2 aliphatic heterocycles. The summed E-state index contributed by atoms with van der Waals surface area (Å²) in [5, 5.41) is 7.67. The van der Waals surface area contributed by atoms with Crippen molar-refractivity contribution in [3.63, 3.8) is 0 Å². The average molecular weight is 757 g/mol. The van der Waals surface area contributed by atoms with Gasteiger partial charge in [-0.3, -0.25) is 9.11 Å². The number of nitrogens with one attached hydrogen (secondary N) is 2. The van der Waals surface area contributed by atoms with Crippen LogP contribution in [-0.2, 0) is 31.1 Å². The lowest BCUT2D eigenvalue weighted by molar-refractivity contribution is 0.0556. The number of fused-ring (bicyclic) bond motifs is 3. The van der Waals surface area contributed by atoms with Gasteiger partial charge in [0, 0.05) is 27.9 Å². The number of benzene rings is 2. The third-order valence-corrected chi connectivity index (χ3v) is 12.9. The van der Waals surface area contributed by atoms with Crippen molar-refractivity contribution in [1.29, 1.82) is 0 Å². The highest BCUT2D eigenvalue weighted by molar-refractivity contribution is 7.86. The van der Waals surface area contributed by atoms with E-state index >= 15 is 0 Å². The molecule has 4 N–H and O–H groups in total. The highest BCUT2D eigenvalue weighted by Crippen LogP contribution is 2.61. The minimum atomic E-state index is -4.32. The summed E-state index contributed by atoms with van der Waals surface area (Å²) in [6.07, 6.45) is 15.2. The monoisotopic (exact) mass is 756 g/mol. The Morgan fingerprint density at radius 2 is 1.43 bits per heavy atom. The van der Waals surface area contributed by atoms with E-state index in [-0.39, 0.29) is 26.7 Å². The van der Waals surface area contributed by atoms with E-state index in [0.717, 1.165) is 64.2 Å². The van der Waals surface area contributed by atoms with E-state index in [1.807, 2.05) is 46.8 Å². The highest BCUT2D eigenvalue weighted by Gasteiger charge is 2.57. The summed E-state index contributed by atoms with van der Waals surface area (Å²) in [4.78, 5) is -0.220. The van der Waals surface area contributed by atoms with Crippen LogP contribution in [-0.4, -0.2) is 32.0 Å². The number of halogens is 1. The molecule has 1 unspecified atom stereocenters. The van der Waals surface area contributed by atoms with Gasteiger partial charge in [0.05, 0.1) is 20.9 Å². The Morgan fingerprint density at radius 1 is 0.882 bits per heavy atom. The van der Waals surface area contributed by atoms with Gasteiger partial charge in [-0.25, -0.2) is 0 Å². The molecule has 2 aromatic carbocycles. The third-order valence-electron chi connectivity index (χ3n) is 10.7. The van der Waals surface area contributed by atoms with Gasteiger partial charge in [0.15, 0.2) is 0 Å². The van der Waals surface area contributed by atoms with Crippen LogP contribution in [0.1, 0.15) is 106 Å². The van der Waals surface area contributed by atoms with Crippen molar-refractivity contribution in [2.24, 2.45) is 5.41 Å². The van der Waals surface area contributed by atoms with Gasteiger partial charge in [-0.15, -0.1) is 0 Å². The van der Waals surface area contributed by atoms with Gasteiger partial charge in [-0.2, -0.15) is 16.8 Å². The molecule has 1 atom stereocenters. The van der Waals surface area contributed by atoms with E-state index in [4.69, 9.17) is 11.6 Å². The molecule has 1 fully saturated rings. The van der Waals surface area contributed by atoms with Crippen LogP contribution in [0.4, 0.5) is 11.4 Å². The Hall–Kier alpha value is -3.15. The normalized spacial score (nSPS) is 22.8. The topological polar surface area (TPSA) is 133 Å². The van der Waals surface area contributed by atoms with Crippen molar-refractivity contribution < 1.29 is 25.9 Å². The van der Waals surface area contributed by atoms with Crippen molar-refractivity contribution in [2.75, 3.05) is 10.6 Å². The summed E-state index contributed by atoms with van der Waals surface area (Å²) >= 11 is 7.06. The van der Waals surface area contributed by atoms with Gasteiger partial charge in [0.1, 0.15) is 0 Å². The average Bonchev–Trinajstić information content (AvgIpc) is 3.28. The lowest BCUT2D eigenvalue weighted by atomic mass is 9.47. The maximum Gasteiger partial charge on any atom is 0.294 e. The van der Waals surface area contributed by atoms with Crippen LogP contribution in [0.5, 0.6) is 0 Å². The first-order valence-electron chi connectivity index (χ1n) is 17.7. The number of allylic oxidation sites excluding steroid dienone is 9. The quantitative estimate of drug-likeness (QED) is 0.222. The van der Waals surface area contributed by atoms with Crippen molar-refractivity contribution in [3.8, 4) is 0 Å². The molecule has 0 aromatic heterocycles. The van der Waals surface area contributed by atoms with Crippen LogP contribution >= 0.6 is 11.6 Å². The molecule has 0 saturated heterocycles. The molecule has 11 heteroatoms. The second-order valence-corrected chi connectivity index (χ2v) is 17.8. The zero-order chi connectivity index (χ0) is 38.2. The smallest absolute Gasteiger partial charge is 0.294 e. The lowest BCUT2D eigenvalue weighted by Gasteiger charge is -2.60. The molecule has 51 heavy (non-hydrogen) atoms. The molecule has 2 aromatic rings. The van der Waals surface area contributed by atoms with Crippen LogP contribution < -0.4 is 10.6 Å². The predicted molar refractivity (Wildman–Crippen MR) is 210 cm³/mol. The lowest BCUT2D eigenvalue weighted by Crippen LogP contribution is -2.58. The molecule has 2 heterocycles. The zero-order valence-electron chi connectivity index (χ0n) is 31.2. The van der Waals surface area contributed by atoms with Crippen LogP contribution in [0.25, 0.3) is 0 Å². The summed E-state index contributed by atoms with van der Waals surface area (Å²) in [6.45, 7) is 18.7. The number of rotatable bonds is 5. The van der Waals surface area contributed by atoms with E-state index in [9.17, 15) is 25.9 Å². The van der Waals surface area contributed by atoms with E-state index < -0.39 is 25.7 Å². The minimum Gasteiger partial charge on any atom is -0.378 e. The molecule has 6 rings (SSSR count). The van der Waals surface area contributed by atoms with Crippen LogP contribution in [0.3, 0.4) is 0 Å². The summed E-state index contributed by atoms with van der Waals surface area (Å²) in [5.41, 5.74) is 6.18. The largest absolute Gasteiger partial charge is 0.378 e. The van der Waals surface area contributed by atoms with Gasteiger partial charge in [-0.05, 0) is 102 Å². The second-order valence-electron chi connectivity index (χ2n) is 14.6. The van der Waals surface area contributed by atoms with E-state index in [1.165, 1.54) is 24.6 Å². The third kappa shape index (κ3) is 7.67. The van der Waals surface area contributed by atoms with Crippen molar-refractivity contribution in [3.05, 3.63) is 105 Å². The fraction of sp³-hybridized carbons (Fsp3) is 0.450. The Kier molecular flexibility index (Phi) is 12.0. The van der Waals surface area contributed by atoms with E-state index in [1.54, 1.807) is 18.2 Å². The molecule has 278 valence electrons. The summed E-state index contributed by atoms with van der Waals surface area (Å²) < 4.78 is 66.6. The first-order valence-corrected chi connectivity index (χ1v) is 21.0. The molecule has 0 bridgehead atoms. The Morgan fingerprint density at radius 3 is 1.96 bits per heavy atom. The van der Waals surface area contributed by atoms with Crippen LogP contribution in [0.2, 0.25) is 0 Å². The molecule has 0 radical (unpaired) electrons. The molecule has 8 nitrogen and oxygen atoms in total. The van der Waals surface area contributed by atoms with Crippen molar-refractivity contribution in [2.45, 2.75) is 121 Å². The number of hydrogen-bond acceptors (Lipinski definition) is 6. The second kappa shape index (κ2) is 15.1. The SMILES string of the molecule is CC.CC1=CC/C(=C\C=C2\Nc3ccc(S(=O)(=O)O)cc3C2(C)C)C(Cl)=C1/C=C/C1Nc2ccc(S(=O)(=O)O)cc2C2(CCC2)C1(C)C.CCC. The zero-order valence-corrected chi connectivity index (χ0v) is 33.6. The number of anilines is 2. The molecule has 1 saturated carbocycles. The minimum absolute atomic E-state index is 0.0623. The van der Waals surface area contributed by atoms with Crippen molar-refractivity contribution >= 4 is 43.2 Å². The van der Waals surface area contributed by atoms with Crippen molar-refractivity contribution in [1.82, 2.24) is 0 Å². The van der Waals surface area contributed by atoms with Gasteiger partial charge < -0.3 is 10.6 Å². The first-order chi connectivity index (χ1) is 23.8. The van der Waals surface area contributed by atoms with Crippen LogP contribution in [0.15, 0.2) is 104 Å².